The number of hydrogen-bond donors (Lipinski definition) is 0. The zero-order valence-corrected chi connectivity index (χ0v) is 21.5. The monoisotopic (exact) mass is 394 g/mol. The van der Waals surface area contributed by atoms with E-state index in [1.54, 1.807) is 0 Å². The number of rotatable bonds is 0. The topological polar surface area (TPSA) is 0 Å². The van der Waals surface area contributed by atoms with E-state index in [2.05, 4.69) is 80.0 Å². The quantitative estimate of drug-likeness (QED) is 0.299. The second-order valence-corrected chi connectivity index (χ2v) is 18.0. The molecule has 0 radical (unpaired) electrons. The standard InChI is InChI=1S/4C3H9P.2CH3.Fe/c4*1-4(2)3;;;/h4*1-3H3;2*1H3;/q;;;;2*-1;+2/p+4. The summed E-state index contributed by atoms with van der Waals surface area (Å²) < 4.78 is 0. The minimum Gasteiger partial charge on any atom is -0.358 e. The Bertz CT molecular complexity index is 62.4. The first kappa shape index (κ1) is 42.9. The van der Waals surface area contributed by atoms with Gasteiger partial charge in [-0.1, -0.05) is 0 Å². The first-order chi connectivity index (χ1) is 6.93. The molecule has 19 heavy (non-hydrogen) atoms. The average molecular weight is 394 g/mol. The van der Waals surface area contributed by atoms with Crippen molar-refractivity contribution in [2.45, 2.75) is 0 Å². The van der Waals surface area contributed by atoms with Crippen molar-refractivity contribution in [2.75, 3.05) is 80.0 Å². The molecule has 0 saturated heterocycles. The van der Waals surface area contributed by atoms with Gasteiger partial charge < -0.3 is 14.9 Å². The van der Waals surface area contributed by atoms with Crippen LogP contribution in [0.1, 0.15) is 0 Å². The molecule has 5 heteroatoms. The van der Waals surface area contributed by atoms with Crippen LogP contribution < -0.4 is 0 Å². The Hall–Kier alpha value is 2.24. The van der Waals surface area contributed by atoms with E-state index in [-0.39, 0.29) is 63.6 Å². The molecular weight excluding hydrogens is 348 g/mol. The van der Waals surface area contributed by atoms with Gasteiger partial charge in [-0.25, -0.2) is 0 Å². The van der Waals surface area contributed by atoms with Crippen LogP contribution in [0, 0.1) is 14.9 Å². The molecule has 0 aliphatic rings. The third kappa shape index (κ3) is 1340. The maximum absolute atomic E-state index is 2.27. The van der Waals surface area contributed by atoms with E-state index in [9.17, 15) is 0 Å². The molecule has 0 aliphatic carbocycles. The zero-order valence-electron chi connectivity index (χ0n) is 16.4. The second-order valence-electron chi connectivity index (χ2n) is 6.00. The first-order valence-electron chi connectivity index (χ1n) is 6.00. The molecule has 0 saturated carbocycles. The summed E-state index contributed by atoms with van der Waals surface area (Å²) in [5, 5.41) is 0. The van der Waals surface area contributed by atoms with Gasteiger partial charge in [0.05, 0.1) is 0 Å². The molecule has 0 nitrogen and oxygen atoms in total. The summed E-state index contributed by atoms with van der Waals surface area (Å²) in [6.07, 6.45) is 0. The largest absolute Gasteiger partial charge is 2.00 e. The summed E-state index contributed by atoms with van der Waals surface area (Å²) in [5.74, 6) is 0. The van der Waals surface area contributed by atoms with Gasteiger partial charge in [0, 0.05) is 80.0 Å². The van der Waals surface area contributed by atoms with Gasteiger partial charge in [-0.15, -0.1) is 0 Å². The molecule has 0 fully saturated rings. The van der Waals surface area contributed by atoms with Crippen molar-refractivity contribution < 1.29 is 17.1 Å². The van der Waals surface area contributed by atoms with Crippen molar-refractivity contribution in [1.29, 1.82) is 0 Å². The van der Waals surface area contributed by atoms with E-state index in [1.165, 1.54) is 0 Å². The molecule has 0 aromatic carbocycles. The Morgan fingerprint density at radius 3 is 0.316 bits per heavy atom. The summed E-state index contributed by atoms with van der Waals surface area (Å²) >= 11 is 0. The fourth-order valence-electron chi connectivity index (χ4n) is 0. The third-order valence-corrected chi connectivity index (χ3v) is 0. The predicted molar refractivity (Wildman–Crippen MR) is 117 cm³/mol. The molecule has 126 valence electrons. The molecular formula is C14H46FeP4+4. The van der Waals surface area contributed by atoms with Gasteiger partial charge in [-0.2, -0.15) is 0 Å². The van der Waals surface area contributed by atoms with E-state index >= 15 is 0 Å². The molecule has 0 bridgehead atoms. The number of hydrogen-bond acceptors (Lipinski definition) is 0. The van der Waals surface area contributed by atoms with Crippen molar-refractivity contribution in [2.24, 2.45) is 0 Å². The van der Waals surface area contributed by atoms with Gasteiger partial charge in [-0.05, 0) is 31.7 Å². The van der Waals surface area contributed by atoms with Gasteiger partial charge in [0.25, 0.3) is 0 Å². The summed E-state index contributed by atoms with van der Waals surface area (Å²) in [6.45, 7) is 27.2. The fourth-order valence-corrected chi connectivity index (χ4v) is 0. The SMILES string of the molecule is C[PH+](C)C.C[PH+](C)C.C[PH+](C)C.C[PH+](C)C.[CH3-].[CH3-].[Fe+2]. The maximum Gasteiger partial charge on any atom is 2.00 e. The summed E-state index contributed by atoms with van der Waals surface area (Å²) in [4.78, 5) is 0. The van der Waals surface area contributed by atoms with E-state index < -0.39 is 0 Å². The van der Waals surface area contributed by atoms with Crippen LogP contribution in [-0.4, -0.2) is 80.0 Å². The minimum absolute atomic E-state index is 0. The first-order valence-corrected chi connectivity index (χ1v) is 18.0. The molecule has 0 atom stereocenters. The smallest absolute Gasteiger partial charge is 0.358 e. The van der Waals surface area contributed by atoms with Crippen LogP contribution in [0.4, 0.5) is 0 Å². The molecule has 0 aliphatic heterocycles. The zero-order chi connectivity index (χ0) is 14.3. The molecule has 0 aromatic heterocycles. The third-order valence-electron chi connectivity index (χ3n) is 0. The van der Waals surface area contributed by atoms with E-state index in [0.717, 1.165) is 0 Å². The van der Waals surface area contributed by atoms with Gasteiger partial charge in [0.15, 0.2) is 0 Å². The van der Waals surface area contributed by atoms with Crippen LogP contribution in [-0.2, 0) is 17.1 Å². The Labute approximate surface area is 143 Å². The summed E-state index contributed by atoms with van der Waals surface area (Å²) in [7, 11) is 0.481. The van der Waals surface area contributed by atoms with E-state index in [4.69, 9.17) is 0 Å². The molecule has 0 heterocycles. The van der Waals surface area contributed by atoms with Gasteiger partial charge >= 0.3 is 17.1 Å². The van der Waals surface area contributed by atoms with Crippen LogP contribution in [0.25, 0.3) is 0 Å². The maximum atomic E-state index is 2.27. The van der Waals surface area contributed by atoms with Crippen molar-refractivity contribution >= 4 is 31.7 Å². The molecule has 0 rings (SSSR count). The van der Waals surface area contributed by atoms with Crippen LogP contribution >= 0.6 is 31.7 Å². The molecule has 0 unspecified atom stereocenters. The average Bonchev–Trinajstić information content (AvgIpc) is 1.76. The molecule has 0 aromatic rings. The Morgan fingerprint density at radius 1 is 0.316 bits per heavy atom. The normalized spacial score (nSPS) is 7.58. The molecule has 0 spiro atoms. The van der Waals surface area contributed by atoms with Crippen LogP contribution in [0.15, 0.2) is 0 Å². The van der Waals surface area contributed by atoms with Gasteiger partial charge in [0.2, 0.25) is 0 Å². The second kappa shape index (κ2) is 36.9. The van der Waals surface area contributed by atoms with Crippen molar-refractivity contribution in [3.63, 3.8) is 0 Å². The van der Waals surface area contributed by atoms with Gasteiger partial charge in [0.1, 0.15) is 0 Å². The Morgan fingerprint density at radius 2 is 0.316 bits per heavy atom. The summed E-state index contributed by atoms with van der Waals surface area (Å²) in [6, 6.07) is 0. The van der Waals surface area contributed by atoms with E-state index in [1.807, 2.05) is 0 Å². The van der Waals surface area contributed by atoms with Crippen LogP contribution in [0.3, 0.4) is 0 Å². The molecule has 0 amide bonds. The fraction of sp³-hybridized carbons (Fsp3) is 0.857. The Kier molecular flexibility index (Phi) is 83.4. The van der Waals surface area contributed by atoms with E-state index in [0.29, 0.717) is 0 Å². The summed E-state index contributed by atoms with van der Waals surface area (Å²) in [5.41, 5.74) is 0. The van der Waals surface area contributed by atoms with Crippen molar-refractivity contribution in [1.82, 2.24) is 0 Å². The Balaban J connectivity index is -0.0000000192. The van der Waals surface area contributed by atoms with Crippen LogP contribution in [0.2, 0.25) is 0 Å². The predicted octanol–water partition coefficient (Wildman–Crippen LogP) is 5.26. The van der Waals surface area contributed by atoms with Crippen molar-refractivity contribution in [3.05, 3.63) is 14.9 Å². The van der Waals surface area contributed by atoms with Crippen LogP contribution in [0.5, 0.6) is 0 Å². The van der Waals surface area contributed by atoms with Gasteiger partial charge in [-0.3, -0.25) is 0 Å². The van der Waals surface area contributed by atoms with Crippen molar-refractivity contribution in [3.8, 4) is 0 Å². The minimum atomic E-state index is 0. The molecule has 0 N–H and O–H groups in total.